The number of hydrogen-bond acceptors (Lipinski definition) is 2. The molecule has 0 saturated heterocycles. The van der Waals surface area contributed by atoms with Gasteiger partial charge in [-0.25, -0.2) is 4.68 Å². The molecule has 0 spiro atoms. The van der Waals surface area contributed by atoms with Crippen LogP contribution in [0, 0.1) is 6.92 Å². The standard InChI is InChI=1S/C15H12ClN3S/c1-9-13(16)8-19(18-9)14-7-6-12(15(17)20)10-4-2-3-5-11(10)14/h2-8H,1H3,(H2,17,20). The molecule has 0 fully saturated rings. The van der Waals surface area contributed by atoms with Crippen LogP contribution in [0.1, 0.15) is 11.3 Å². The van der Waals surface area contributed by atoms with E-state index in [0.29, 0.717) is 10.0 Å². The Balaban J connectivity index is 2.33. The molecule has 2 aromatic carbocycles. The second-order valence-corrected chi connectivity index (χ2v) is 5.40. The van der Waals surface area contributed by atoms with Crippen molar-refractivity contribution in [2.45, 2.75) is 6.92 Å². The van der Waals surface area contributed by atoms with E-state index in [1.807, 2.05) is 43.3 Å². The van der Waals surface area contributed by atoms with E-state index in [1.165, 1.54) is 0 Å². The molecule has 3 aromatic rings. The van der Waals surface area contributed by atoms with Crippen molar-refractivity contribution in [3.63, 3.8) is 0 Å². The highest BCUT2D eigenvalue weighted by Crippen LogP contribution is 2.27. The quantitative estimate of drug-likeness (QED) is 0.735. The molecule has 0 saturated carbocycles. The maximum Gasteiger partial charge on any atom is 0.104 e. The third kappa shape index (κ3) is 2.07. The van der Waals surface area contributed by atoms with Gasteiger partial charge in [-0.3, -0.25) is 0 Å². The molecule has 0 aliphatic rings. The number of aromatic nitrogens is 2. The summed E-state index contributed by atoms with van der Waals surface area (Å²) in [5.41, 5.74) is 8.41. The summed E-state index contributed by atoms with van der Waals surface area (Å²) in [6.07, 6.45) is 1.80. The van der Waals surface area contributed by atoms with Gasteiger partial charge in [0.1, 0.15) is 4.99 Å². The zero-order valence-electron chi connectivity index (χ0n) is 10.8. The van der Waals surface area contributed by atoms with Crippen LogP contribution in [-0.4, -0.2) is 14.8 Å². The van der Waals surface area contributed by atoms with Gasteiger partial charge in [0, 0.05) is 17.1 Å². The van der Waals surface area contributed by atoms with Crippen LogP contribution in [0.25, 0.3) is 16.5 Å². The maximum absolute atomic E-state index is 6.09. The fourth-order valence-electron chi connectivity index (χ4n) is 2.26. The fraction of sp³-hybridized carbons (Fsp3) is 0.0667. The molecule has 0 radical (unpaired) electrons. The molecule has 0 bridgehead atoms. The molecule has 0 atom stereocenters. The molecule has 2 N–H and O–H groups in total. The smallest absolute Gasteiger partial charge is 0.104 e. The first-order valence-electron chi connectivity index (χ1n) is 6.11. The molecule has 20 heavy (non-hydrogen) atoms. The zero-order chi connectivity index (χ0) is 14.3. The van der Waals surface area contributed by atoms with E-state index in [0.717, 1.165) is 27.7 Å². The molecule has 0 aliphatic heterocycles. The average molecular weight is 302 g/mol. The molecular formula is C15H12ClN3S. The minimum atomic E-state index is 0.391. The number of fused-ring (bicyclic) bond motifs is 1. The number of nitrogens with zero attached hydrogens (tertiary/aromatic N) is 2. The van der Waals surface area contributed by atoms with E-state index in [9.17, 15) is 0 Å². The third-order valence-electron chi connectivity index (χ3n) is 3.25. The summed E-state index contributed by atoms with van der Waals surface area (Å²) in [5.74, 6) is 0. The van der Waals surface area contributed by atoms with Gasteiger partial charge in [-0.05, 0) is 24.4 Å². The van der Waals surface area contributed by atoms with Crippen LogP contribution in [0.3, 0.4) is 0 Å². The monoisotopic (exact) mass is 301 g/mol. The van der Waals surface area contributed by atoms with Crippen LogP contribution in [0.2, 0.25) is 5.02 Å². The molecular weight excluding hydrogens is 290 g/mol. The summed E-state index contributed by atoms with van der Waals surface area (Å²) in [5, 5.41) is 7.13. The van der Waals surface area contributed by atoms with Crippen molar-refractivity contribution < 1.29 is 0 Å². The van der Waals surface area contributed by atoms with Gasteiger partial charge in [-0.15, -0.1) is 0 Å². The highest BCUT2D eigenvalue weighted by Gasteiger charge is 2.11. The Labute approximate surface area is 127 Å². The Kier molecular flexibility index (Phi) is 3.20. The number of thiocarbonyl (C=S) groups is 1. The van der Waals surface area contributed by atoms with E-state index >= 15 is 0 Å². The molecule has 3 nitrogen and oxygen atoms in total. The Morgan fingerprint density at radius 2 is 1.90 bits per heavy atom. The van der Waals surface area contributed by atoms with E-state index in [4.69, 9.17) is 29.6 Å². The summed E-state index contributed by atoms with van der Waals surface area (Å²) in [7, 11) is 0. The van der Waals surface area contributed by atoms with E-state index < -0.39 is 0 Å². The zero-order valence-corrected chi connectivity index (χ0v) is 12.4. The van der Waals surface area contributed by atoms with E-state index in [1.54, 1.807) is 10.9 Å². The van der Waals surface area contributed by atoms with Gasteiger partial charge in [0.25, 0.3) is 0 Å². The lowest BCUT2D eigenvalue weighted by Crippen LogP contribution is -2.10. The van der Waals surface area contributed by atoms with Gasteiger partial charge in [-0.1, -0.05) is 48.1 Å². The molecule has 0 unspecified atom stereocenters. The van der Waals surface area contributed by atoms with Crippen LogP contribution < -0.4 is 5.73 Å². The van der Waals surface area contributed by atoms with Crippen molar-refractivity contribution in [1.82, 2.24) is 9.78 Å². The topological polar surface area (TPSA) is 43.8 Å². The van der Waals surface area contributed by atoms with Gasteiger partial charge in [-0.2, -0.15) is 5.10 Å². The molecule has 3 rings (SSSR count). The molecule has 100 valence electrons. The summed E-state index contributed by atoms with van der Waals surface area (Å²) in [6.45, 7) is 1.88. The first-order chi connectivity index (χ1) is 9.58. The Morgan fingerprint density at radius 1 is 1.20 bits per heavy atom. The molecule has 5 heteroatoms. The number of aryl methyl sites for hydroxylation is 1. The number of nitrogens with two attached hydrogens (primary N) is 1. The SMILES string of the molecule is Cc1nn(-c2ccc(C(N)=S)c3ccccc23)cc1Cl. The minimum Gasteiger partial charge on any atom is -0.389 e. The van der Waals surface area contributed by atoms with Crippen molar-refractivity contribution in [2.24, 2.45) is 5.73 Å². The minimum absolute atomic E-state index is 0.391. The van der Waals surface area contributed by atoms with Crippen LogP contribution in [0.15, 0.2) is 42.6 Å². The number of hydrogen-bond donors (Lipinski definition) is 1. The van der Waals surface area contributed by atoms with Crippen molar-refractivity contribution in [3.8, 4) is 5.69 Å². The second-order valence-electron chi connectivity index (χ2n) is 4.55. The van der Waals surface area contributed by atoms with E-state index in [2.05, 4.69) is 5.10 Å². The van der Waals surface area contributed by atoms with Gasteiger partial charge < -0.3 is 5.73 Å². The Morgan fingerprint density at radius 3 is 2.50 bits per heavy atom. The predicted octanol–water partition coefficient (Wildman–Crippen LogP) is 3.62. The largest absolute Gasteiger partial charge is 0.389 e. The van der Waals surface area contributed by atoms with Gasteiger partial charge >= 0.3 is 0 Å². The third-order valence-corrected chi connectivity index (χ3v) is 3.84. The average Bonchev–Trinajstić information content (AvgIpc) is 2.77. The van der Waals surface area contributed by atoms with Gasteiger partial charge in [0.05, 0.1) is 16.4 Å². The van der Waals surface area contributed by atoms with Crippen molar-refractivity contribution in [1.29, 1.82) is 0 Å². The van der Waals surface area contributed by atoms with Crippen LogP contribution >= 0.6 is 23.8 Å². The normalized spacial score (nSPS) is 10.9. The fourth-order valence-corrected chi connectivity index (χ4v) is 2.57. The molecule has 1 heterocycles. The lowest BCUT2D eigenvalue weighted by atomic mass is 10.0. The van der Waals surface area contributed by atoms with Gasteiger partial charge in [0.15, 0.2) is 0 Å². The highest BCUT2D eigenvalue weighted by molar-refractivity contribution is 7.80. The summed E-state index contributed by atoms with van der Waals surface area (Å²) in [6, 6.07) is 11.9. The van der Waals surface area contributed by atoms with Crippen molar-refractivity contribution >= 4 is 39.6 Å². The maximum atomic E-state index is 6.09. The summed E-state index contributed by atoms with van der Waals surface area (Å²) < 4.78 is 1.78. The Bertz CT molecular complexity index is 804. The first-order valence-corrected chi connectivity index (χ1v) is 6.90. The van der Waals surface area contributed by atoms with Crippen LogP contribution in [0.4, 0.5) is 0 Å². The number of rotatable bonds is 2. The van der Waals surface area contributed by atoms with Gasteiger partial charge in [0.2, 0.25) is 0 Å². The van der Waals surface area contributed by atoms with Crippen LogP contribution in [-0.2, 0) is 0 Å². The van der Waals surface area contributed by atoms with Crippen molar-refractivity contribution in [3.05, 3.63) is 58.9 Å². The molecule has 0 amide bonds. The number of benzene rings is 2. The lowest BCUT2D eigenvalue weighted by Gasteiger charge is -2.10. The summed E-state index contributed by atoms with van der Waals surface area (Å²) >= 11 is 11.2. The Hall–Kier alpha value is -1.91. The predicted molar refractivity (Wildman–Crippen MR) is 86.7 cm³/mol. The lowest BCUT2D eigenvalue weighted by molar-refractivity contribution is 0.869. The summed E-state index contributed by atoms with van der Waals surface area (Å²) in [4.78, 5) is 0.391. The van der Waals surface area contributed by atoms with Crippen molar-refractivity contribution in [2.75, 3.05) is 0 Å². The van der Waals surface area contributed by atoms with Crippen LogP contribution in [0.5, 0.6) is 0 Å². The molecule has 1 aromatic heterocycles. The van der Waals surface area contributed by atoms with E-state index in [-0.39, 0.29) is 0 Å². The second kappa shape index (κ2) is 4.89. The highest BCUT2D eigenvalue weighted by atomic mass is 35.5. The number of halogens is 1. The molecule has 0 aliphatic carbocycles. The first kappa shape index (κ1) is 13.1.